The lowest BCUT2D eigenvalue weighted by Gasteiger charge is -2.24. The van der Waals surface area contributed by atoms with Crippen LogP contribution in [-0.2, 0) is 14.3 Å². The molecule has 3 atom stereocenters. The maximum atomic E-state index is 13.2. The summed E-state index contributed by atoms with van der Waals surface area (Å²) in [6, 6.07) is -0.724. The van der Waals surface area contributed by atoms with Gasteiger partial charge < -0.3 is 20.3 Å². The van der Waals surface area contributed by atoms with Gasteiger partial charge in [-0.3, -0.25) is 9.59 Å². The lowest BCUT2D eigenvalue weighted by atomic mass is 10.0. The number of carbonyl (C=O) groups excluding carboxylic acids is 2. The minimum absolute atomic E-state index is 0.0350. The Hall–Kier alpha value is -3.22. The summed E-state index contributed by atoms with van der Waals surface area (Å²) < 4.78 is 5.89. The van der Waals surface area contributed by atoms with Crippen molar-refractivity contribution in [3.8, 4) is 0 Å². The summed E-state index contributed by atoms with van der Waals surface area (Å²) in [7, 11) is 0. The van der Waals surface area contributed by atoms with Gasteiger partial charge in [-0.15, -0.1) is 0 Å². The van der Waals surface area contributed by atoms with Gasteiger partial charge in [0.25, 0.3) is 0 Å². The van der Waals surface area contributed by atoms with Crippen molar-refractivity contribution in [3.63, 3.8) is 0 Å². The van der Waals surface area contributed by atoms with Gasteiger partial charge in [-0.2, -0.15) is 0 Å². The first kappa shape index (κ1) is 56.8. The van der Waals surface area contributed by atoms with E-state index in [1.165, 1.54) is 57.8 Å². The Balaban J connectivity index is 4.69. The molecule has 0 aromatic heterocycles. The highest BCUT2D eigenvalue weighted by Gasteiger charge is 2.24. The third-order valence-electron chi connectivity index (χ3n) is 10.5. The fourth-order valence-corrected chi connectivity index (χ4v) is 6.83. The zero-order valence-corrected chi connectivity index (χ0v) is 38.8. The Labute approximate surface area is 369 Å². The van der Waals surface area contributed by atoms with Crippen molar-refractivity contribution in [2.45, 2.75) is 225 Å². The van der Waals surface area contributed by atoms with E-state index >= 15 is 0 Å². The third-order valence-corrected chi connectivity index (χ3v) is 10.5. The molecule has 6 heteroatoms. The number of esters is 1. The van der Waals surface area contributed by atoms with Crippen LogP contribution in [0.5, 0.6) is 0 Å². The highest BCUT2D eigenvalue weighted by Crippen LogP contribution is 2.17. The molecule has 0 aliphatic heterocycles. The van der Waals surface area contributed by atoms with Crippen molar-refractivity contribution >= 4 is 11.9 Å². The molecule has 3 unspecified atom stereocenters. The predicted octanol–water partition coefficient (Wildman–Crippen LogP) is 14.6. The molecule has 0 saturated carbocycles. The van der Waals surface area contributed by atoms with Gasteiger partial charge in [-0.1, -0.05) is 214 Å². The largest absolute Gasteiger partial charge is 0.462 e. The topological polar surface area (TPSA) is 95.9 Å². The molecule has 1 amide bonds. The predicted molar refractivity (Wildman–Crippen MR) is 259 cm³/mol. The van der Waals surface area contributed by atoms with Gasteiger partial charge >= 0.3 is 5.97 Å². The molecule has 0 bridgehead atoms. The summed E-state index contributed by atoms with van der Waals surface area (Å²) in [5.74, 6) is -0.551. The maximum Gasteiger partial charge on any atom is 0.306 e. The fraction of sp³-hybridized carbons (Fsp3) is 0.667. The fourth-order valence-electron chi connectivity index (χ4n) is 6.83. The molecule has 6 nitrogen and oxygen atoms in total. The molecule has 0 heterocycles. The summed E-state index contributed by atoms with van der Waals surface area (Å²) in [6.45, 7) is 6.24. The number of hydrogen-bond acceptors (Lipinski definition) is 5. The van der Waals surface area contributed by atoms with E-state index < -0.39 is 18.2 Å². The number of amides is 1. The lowest BCUT2D eigenvalue weighted by molar-refractivity contribution is -0.151. The van der Waals surface area contributed by atoms with Crippen molar-refractivity contribution in [1.29, 1.82) is 0 Å². The van der Waals surface area contributed by atoms with Gasteiger partial charge in [0.05, 0.1) is 25.2 Å². The lowest BCUT2D eigenvalue weighted by Crippen LogP contribution is -2.46. The highest BCUT2D eigenvalue weighted by atomic mass is 16.5. The van der Waals surface area contributed by atoms with Gasteiger partial charge in [0, 0.05) is 6.42 Å². The van der Waals surface area contributed by atoms with Crippen LogP contribution in [0.4, 0.5) is 0 Å². The quantitative estimate of drug-likeness (QED) is 0.0246. The minimum atomic E-state index is -0.807. The number of rotatable bonds is 42. The summed E-state index contributed by atoms with van der Waals surface area (Å²) in [4.78, 5) is 26.1. The number of hydrogen-bond donors (Lipinski definition) is 3. The molecule has 0 aromatic carbocycles. The molecule has 0 radical (unpaired) electrons. The zero-order valence-electron chi connectivity index (χ0n) is 38.8. The molecule has 0 aliphatic carbocycles. The number of nitrogens with one attached hydrogen (secondary N) is 1. The molecule has 0 fully saturated rings. The number of aliphatic hydroxyl groups is 2. The van der Waals surface area contributed by atoms with Crippen LogP contribution in [0.1, 0.15) is 207 Å². The van der Waals surface area contributed by atoms with Crippen LogP contribution in [0.2, 0.25) is 0 Å². The van der Waals surface area contributed by atoms with E-state index in [0.29, 0.717) is 19.3 Å². The van der Waals surface area contributed by atoms with E-state index in [1.54, 1.807) is 0 Å². The molecule has 60 heavy (non-hydrogen) atoms. The molecule has 0 spiro atoms. The normalized spacial score (nSPS) is 14.2. The monoisotopic (exact) mass is 834 g/mol. The van der Waals surface area contributed by atoms with Gasteiger partial charge in [-0.25, -0.2) is 0 Å². The molecular weight excluding hydrogens is 743 g/mol. The van der Waals surface area contributed by atoms with E-state index in [1.807, 2.05) is 24.3 Å². The van der Waals surface area contributed by atoms with Gasteiger partial charge in [-0.05, 0) is 77.0 Å². The first-order valence-corrected chi connectivity index (χ1v) is 24.5. The molecule has 0 aliphatic rings. The van der Waals surface area contributed by atoms with Gasteiger partial charge in [0.15, 0.2) is 0 Å². The smallest absolute Gasteiger partial charge is 0.306 e. The summed E-state index contributed by atoms with van der Waals surface area (Å²) in [5.41, 5.74) is 0. The zero-order chi connectivity index (χ0) is 43.8. The van der Waals surface area contributed by atoms with E-state index in [0.717, 1.165) is 103 Å². The highest BCUT2D eigenvalue weighted by molar-refractivity contribution is 5.77. The first-order chi connectivity index (χ1) is 29.5. The summed E-state index contributed by atoms with van der Waals surface area (Å²) >= 11 is 0. The molecule has 0 rings (SSSR count). The summed E-state index contributed by atoms with van der Waals surface area (Å²) in [6.07, 6.45) is 61.7. The number of carbonyl (C=O) groups is 2. The Morgan fingerprint density at radius 2 is 1.00 bits per heavy atom. The van der Waals surface area contributed by atoms with E-state index in [4.69, 9.17) is 4.74 Å². The third kappa shape index (κ3) is 41.5. The van der Waals surface area contributed by atoms with Crippen LogP contribution in [-0.4, -0.2) is 46.9 Å². The van der Waals surface area contributed by atoms with Crippen molar-refractivity contribution in [3.05, 3.63) is 97.2 Å². The van der Waals surface area contributed by atoms with Gasteiger partial charge in [0.2, 0.25) is 5.91 Å². The van der Waals surface area contributed by atoms with E-state index in [-0.39, 0.29) is 24.9 Å². The van der Waals surface area contributed by atoms with Crippen LogP contribution < -0.4 is 5.32 Å². The second-order valence-corrected chi connectivity index (χ2v) is 16.2. The van der Waals surface area contributed by atoms with E-state index in [9.17, 15) is 19.8 Å². The molecule has 342 valence electrons. The van der Waals surface area contributed by atoms with E-state index in [2.05, 4.69) is 99.0 Å². The van der Waals surface area contributed by atoms with Crippen LogP contribution >= 0.6 is 0 Å². The SMILES string of the molecule is CC/C=C/C/C=C/C/C=C/CCCCC(CC(=O)NC(CO)C(O)CCCCCCCCCCCCC)OC(=O)CCCCCCC/C=C/C=C/C=C/C=C/C=C/CCC. The number of allylic oxidation sites excluding steroid dienone is 16. The molecular formula is C54H91NO5. The van der Waals surface area contributed by atoms with Crippen LogP contribution in [0.15, 0.2) is 97.2 Å². The number of aliphatic hydroxyl groups excluding tert-OH is 2. The second kappa shape index (κ2) is 46.8. The molecule has 3 N–H and O–H groups in total. The Morgan fingerprint density at radius 1 is 0.517 bits per heavy atom. The Morgan fingerprint density at radius 3 is 1.60 bits per heavy atom. The molecule has 0 aromatic rings. The molecule has 0 saturated heterocycles. The Bertz CT molecular complexity index is 1210. The van der Waals surface area contributed by atoms with Crippen molar-refractivity contribution in [2.75, 3.05) is 6.61 Å². The van der Waals surface area contributed by atoms with Crippen molar-refractivity contribution in [2.24, 2.45) is 0 Å². The number of unbranched alkanes of at least 4 members (excludes halogenated alkanes) is 18. The minimum Gasteiger partial charge on any atom is -0.462 e. The average Bonchev–Trinajstić information content (AvgIpc) is 3.24. The average molecular weight is 834 g/mol. The summed E-state index contributed by atoms with van der Waals surface area (Å²) in [5, 5.41) is 23.7. The first-order valence-electron chi connectivity index (χ1n) is 24.5. The Kier molecular flexibility index (Phi) is 44.3. The second-order valence-electron chi connectivity index (χ2n) is 16.2. The van der Waals surface area contributed by atoms with Crippen LogP contribution in [0.25, 0.3) is 0 Å². The standard InChI is InChI=1S/C54H91NO5/c1-4-7-10-13-16-19-22-24-25-26-27-28-29-32-35-38-41-44-47-54(59)60-50(45-42-39-36-33-31-23-20-17-14-11-8-5-2)48-53(58)55-51(49-56)52(57)46-43-40-37-34-30-21-18-15-12-9-6-3/h8,10-11,13,16-17,19-20,22,24-28,31,33,50-52,56-57H,4-7,9,12,14-15,18,21,23,29-30,32,34-49H2,1-3H3,(H,55,58)/b11-8+,13-10+,19-16+,20-17+,24-22+,26-25+,28-27+,33-31+. The van der Waals surface area contributed by atoms with Crippen molar-refractivity contribution in [1.82, 2.24) is 5.32 Å². The van der Waals surface area contributed by atoms with Crippen LogP contribution in [0, 0.1) is 0 Å². The maximum absolute atomic E-state index is 13.2. The van der Waals surface area contributed by atoms with Crippen molar-refractivity contribution < 1.29 is 24.5 Å². The van der Waals surface area contributed by atoms with Gasteiger partial charge in [0.1, 0.15) is 6.10 Å². The number of ether oxygens (including phenoxy) is 1. The van der Waals surface area contributed by atoms with Crippen LogP contribution in [0.3, 0.4) is 0 Å².